The van der Waals surface area contributed by atoms with Crippen LogP contribution in [0, 0.1) is 0 Å². The molecule has 0 aliphatic heterocycles. The van der Waals surface area contributed by atoms with Crippen LogP contribution in [0.2, 0.25) is 0 Å². The van der Waals surface area contributed by atoms with E-state index in [1.807, 2.05) is 25.1 Å². The van der Waals surface area contributed by atoms with E-state index in [2.05, 4.69) is 0 Å². The van der Waals surface area contributed by atoms with Gasteiger partial charge in [0.1, 0.15) is 5.56 Å². The quantitative estimate of drug-likeness (QED) is 0.833. The van der Waals surface area contributed by atoms with Crippen molar-refractivity contribution in [2.24, 2.45) is 0 Å². The summed E-state index contributed by atoms with van der Waals surface area (Å²) in [6, 6.07) is 8.68. The smallest absolute Gasteiger partial charge is 0.341 e. The molecule has 0 saturated heterocycles. The van der Waals surface area contributed by atoms with Crippen LogP contribution >= 0.6 is 0 Å². The minimum Gasteiger partial charge on any atom is -0.477 e. The normalized spacial score (nSPS) is 10.6. The number of hydrogen-bond acceptors (Lipinski definition) is 2. The Kier molecular flexibility index (Phi) is 2.48. The number of aryl methyl sites for hydroxylation is 1. The number of pyridine rings is 1. The lowest BCUT2D eigenvalue weighted by Gasteiger charge is -2.08. The van der Waals surface area contributed by atoms with E-state index in [0.29, 0.717) is 6.54 Å². The predicted molar refractivity (Wildman–Crippen MR) is 60.8 cm³/mol. The Bertz CT molecular complexity index is 613. The van der Waals surface area contributed by atoms with E-state index >= 15 is 0 Å². The first-order valence-corrected chi connectivity index (χ1v) is 5.01. The van der Waals surface area contributed by atoms with Crippen LogP contribution in [0.5, 0.6) is 0 Å². The first-order chi connectivity index (χ1) is 7.65. The molecule has 0 unspecified atom stereocenters. The number of benzene rings is 1. The number of nitrogens with zero attached hydrogens (tertiary/aromatic N) is 1. The van der Waals surface area contributed by atoms with Crippen molar-refractivity contribution in [3.05, 3.63) is 46.2 Å². The molecule has 2 aromatic rings. The van der Waals surface area contributed by atoms with Crippen LogP contribution in [-0.2, 0) is 6.54 Å². The molecule has 0 bridgehead atoms. The van der Waals surface area contributed by atoms with Gasteiger partial charge in [-0.15, -0.1) is 0 Å². The highest BCUT2D eigenvalue weighted by Gasteiger charge is 2.13. The largest absolute Gasteiger partial charge is 0.477 e. The van der Waals surface area contributed by atoms with Crippen molar-refractivity contribution < 1.29 is 9.90 Å². The standard InChI is InChI=1S/C12H11NO3/c1-2-13-10-6-4-3-5-8(10)7-9(11(13)14)12(15)16/h3-7H,2H2,1H3,(H,15,16). The van der Waals surface area contributed by atoms with Crippen molar-refractivity contribution in [2.45, 2.75) is 13.5 Å². The van der Waals surface area contributed by atoms with Gasteiger partial charge in [-0.1, -0.05) is 18.2 Å². The molecule has 0 fully saturated rings. The lowest BCUT2D eigenvalue weighted by molar-refractivity contribution is 0.0694. The summed E-state index contributed by atoms with van der Waals surface area (Å²) in [6.45, 7) is 2.28. The van der Waals surface area contributed by atoms with Gasteiger partial charge in [0.25, 0.3) is 5.56 Å². The van der Waals surface area contributed by atoms with Crippen LogP contribution in [0.4, 0.5) is 0 Å². The van der Waals surface area contributed by atoms with Gasteiger partial charge in [-0.05, 0) is 24.4 Å². The summed E-state index contributed by atoms with van der Waals surface area (Å²) in [6.07, 6.45) is 0. The number of aromatic nitrogens is 1. The number of hydrogen-bond donors (Lipinski definition) is 1. The Morgan fingerprint density at radius 1 is 1.38 bits per heavy atom. The molecule has 4 heteroatoms. The Balaban J connectivity index is 2.94. The van der Waals surface area contributed by atoms with Gasteiger partial charge < -0.3 is 9.67 Å². The molecule has 0 saturated carbocycles. The highest BCUT2D eigenvalue weighted by molar-refractivity contribution is 5.92. The predicted octanol–water partition coefficient (Wildman–Crippen LogP) is 1.72. The average Bonchev–Trinajstić information content (AvgIpc) is 2.28. The number of rotatable bonds is 2. The van der Waals surface area contributed by atoms with Gasteiger partial charge in [-0.2, -0.15) is 0 Å². The Hall–Kier alpha value is -2.10. The van der Waals surface area contributed by atoms with Gasteiger partial charge in [0.15, 0.2) is 0 Å². The van der Waals surface area contributed by atoms with Gasteiger partial charge in [0.05, 0.1) is 5.52 Å². The van der Waals surface area contributed by atoms with E-state index in [1.54, 1.807) is 6.07 Å². The summed E-state index contributed by atoms with van der Waals surface area (Å²) in [7, 11) is 0. The average molecular weight is 217 g/mol. The van der Waals surface area contributed by atoms with Crippen LogP contribution < -0.4 is 5.56 Å². The van der Waals surface area contributed by atoms with Crippen molar-refractivity contribution >= 4 is 16.9 Å². The van der Waals surface area contributed by atoms with E-state index in [9.17, 15) is 9.59 Å². The SMILES string of the molecule is CCn1c(=O)c(C(=O)O)cc2ccccc21. The van der Waals surface area contributed by atoms with E-state index in [4.69, 9.17) is 5.11 Å². The maximum Gasteiger partial charge on any atom is 0.341 e. The second-order valence-corrected chi connectivity index (χ2v) is 3.47. The third-order valence-electron chi connectivity index (χ3n) is 2.55. The number of aromatic carboxylic acids is 1. The topological polar surface area (TPSA) is 59.3 Å². The van der Waals surface area contributed by atoms with Crippen LogP contribution in [0.3, 0.4) is 0 Å². The van der Waals surface area contributed by atoms with Crippen molar-refractivity contribution in [3.63, 3.8) is 0 Å². The second-order valence-electron chi connectivity index (χ2n) is 3.47. The van der Waals surface area contributed by atoms with Crippen molar-refractivity contribution in [2.75, 3.05) is 0 Å². The monoisotopic (exact) mass is 217 g/mol. The first kappa shape index (κ1) is 10.4. The highest BCUT2D eigenvalue weighted by Crippen LogP contribution is 2.13. The molecular weight excluding hydrogens is 206 g/mol. The van der Waals surface area contributed by atoms with E-state index in [1.165, 1.54) is 10.6 Å². The number of para-hydroxylation sites is 1. The molecule has 0 amide bonds. The van der Waals surface area contributed by atoms with Gasteiger partial charge in [-0.3, -0.25) is 4.79 Å². The number of carboxylic acid groups (broad SMARTS) is 1. The Labute approximate surface area is 91.8 Å². The van der Waals surface area contributed by atoms with Gasteiger partial charge >= 0.3 is 5.97 Å². The molecule has 0 aliphatic rings. The summed E-state index contributed by atoms with van der Waals surface area (Å²) in [5, 5.41) is 9.70. The van der Waals surface area contributed by atoms with Crippen molar-refractivity contribution in [1.82, 2.24) is 4.57 Å². The molecule has 82 valence electrons. The minimum atomic E-state index is -1.18. The summed E-state index contributed by atoms with van der Waals surface area (Å²) < 4.78 is 1.47. The van der Waals surface area contributed by atoms with Crippen LogP contribution in [0.1, 0.15) is 17.3 Å². The molecule has 1 heterocycles. The fraction of sp³-hybridized carbons (Fsp3) is 0.167. The zero-order valence-electron chi connectivity index (χ0n) is 8.80. The summed E-state index contributed by atoms with van der Waals surface area (Å²) in [4.78, 5) is 22.8. The zero-order valence-corrected chi connectivity index (χ0v) is 8.80. The van der Waals surface area contributed by atoms with E-state index < -0.39 is 11.5 Å². The highest BCUT2D eigenvalue weighted by atomic mass is 16.4. The zero-order chi connectivity index (χ0) is 11.7. The Morgan fingerprint density at radius 2 is 2.06 bits per heavy atom. The molecule has 0 spiro atoms. The van der Waals surface area contributed by atoms with Crippen LogP contribution in [-0.4, -0.2) is 15.6 Å². The molecule has 1 N–H and O–H groups in total. The molecule has 2 rings (SSSR count). The van der Waals surface area contributed by atoms with Gasteiger partial charge in [0, 0.05) is 6.54 Å². The van der Waals surface area contributed by atoms with E-state index in [0.717, 1.165) is 10.9 Å². The molecule has 0 radical (unpaired) electrons. The molecule has 0 atom stereocenters. The summed E-state index contributed by atoms with van der Waals surface area (Å²) in [5.41, 5.74) is 0.134. The van der Waals surface area contributed by atoms with Crippen molar-refractivity contribution in [3.8, 4) is 0 Å². The Morgan fingerprint density at radius 3 is 2.69 bits per heavy atom. The third-order valence-corrected chi connectivity index (χ3v) is 2.55. The maximum absolute atomic E-state index is 11.8. The van der Waals surface area contributed by atoms with Crippen molar-refractivity contribution in [1.29, 1.82) is 0 Å². The van der Waals surface area contributed by atoms with E-state index in [-0.39, 0.29) is 5.56 Å². The number of carboxylic acids is 1. The summed E-state index contributed by atoms with van der Waals surface area (Å²) >= 11 is 0. The van der Waals surface area contributed by atoms with Gasteiger partial charge in [-0.25, -0.2) is 4.79 Å². The number of fused-ring (bicyclic) bond motifs is 1. The van der Waals surface area contributed by atoms with Crippen LogP contribution in [0.15, 0.2) is 35.1 Å². The molecular formula is C12H11NO3. The molecule has 1 aromatic heterocycles. The van der Waals surface area contributed by atoms with Gasteiger partial charge in [0.2, 0.25) is 0 Å². The maximum atomic E-state index is 11.8. The number of carbonyl (C=O) groups is 1. The fourth-order valence-corrected chi connectivity index (χ4v) is 1.79. The minimum absolute atomic E-state index is 0.180. The van der Waals surface area contributed by atoms with Crippen LogP contribution in [0.25, 0.3) is 10.9 Å². The molecule has 1 aromatic carbocycles. The summed E-state index contributed by atoms with van der Waals surface area (Å²) in [5.74, 6) is -1.18. The third kappa shape index (κ3) is 1.48. The lowest BCUT2D eigenvalue weighted by Crippen LogP contribution is -2.25. The molecule has 4 nitrogen and oxygen atoms in total. The molecule has 0 aliphatic carbocycles. The lowest BCUT2D eigenvalue weighted by atomic mass is 10.1. The second kappa shape index (κ2) is 3.81. The molecule has 16 heavy (non-hydrogen) atoms. The fourth-order valence-electron chi connectivity index (χ4n) is 1.79. The first-order valence-electron chi connectivity index (χ1n) is 5.01.